The van der Waals surface area contributed by atoms with Crippen LogP contribution in [0.25, 0.3) is 0 Å². The molecule has 2 amide bonds. The molecular weight excluding hydrogens is 340 g/mol. The highest BCUT2D eigenvalue weighted by Crippen LogP contribution is 2.23. The van der Waals surface area contributed by atoms with E-state index >= 15 is 0 Å². The van der Waals surface area contributed by atoms with E-state index in [1.165, 1.54) is 5.56 Å². The largest absolute Gasteiger partial charge is 0.370 e. The molecule has 1 aliphatic heterocycles. The van der Waals surface area contributed by atoms with E-state index in [9.17, 15) is 9.59 Å². The lowest BCUT2D eigenvalue weighted by atomic mass is 9.89. The SMILES string of the molecule is Cc1cc(C(=O)N2CCC(Cc3ccc(CCC(N)=O)cc3)CC2)nn1C. The van der Waals surface area contributed by atoms with E-state index in [2.05, 4.69) is 29.4 Å². The quantitative estimate of drug-likeness (QED) is 0.849. The summed E-state index contributed by atoms with van der Waals surface area (Å²) in [6.07, 6.45) is 4.15. The highest BCUT2D eigenvalue weighted by Gasteiger charge is 2.25. The summed E-state index contributed by atoms with van der Waals surface area (Å²) in [6, 6.07) is 10.3. The molecular formula is C21H28N4O2. The molecule has 2 heterocycles. The summed E-state index contributed by atoms with van der Waals surface area (Å²) in [5.41, 5.74) is 9.19. The molecule has 0 radical (unpaired) electrons. The van der Waals surface area contributed by atoms with Crippen molar-refractivity contribution in [2.24, 2.45) is 18.7 Å². The molecule has 0 aliphatic carbocycles. The van der Waals surface area contributed by atoms with Crippen molar-refractivity contribution in [3.63, 3.8) is 0 Å². The number of hydrogen-bond donors (Lipinski definition) is 1. The van der Waals surface area contributed by atoms with E-state index in [0.29, 0.717) is 24.5 Å². The van der Waals surface area contributed by atoms with Crippen LogP contribution in [0.2, 0.25) is 0 Å². The normalized spacial score (nSPS) is 15.1. The maximum Gasteiger partial charge on any atom is 0.274 e. The van der Waals surface area contributed by atoms with Gasteiger partial charge in [0.15, 0.2) is 5.69 Å². The van der Waals surface area contributed by atoms with Crippen molar-refractivity contribution in [2.75, 3.05) is 13.1 Å². The Hall–Kier alpha value is -2.63. The minimum atomic E-state index is -0.263. The Labute approximate surface area is 160 Å². The number of rotatable bonds is 6. The predicted octanol–water partition coefficient (Wildman–Crippen LogP) is 2.24. The Morgan fingerprint density at radius 2 is 1.78 bits per heavy atom. The first-order chi connectivity index (χ1) is 12.9. The fourth-order valence-corrected chi connectivity index (χ4v) is 3.61. The number of benzene rings is 1. The molecule has 1 fully saturated rings. The van der Waals surface area contributed by atoms with E-state index in [1.807, 2.05) is 24.9 Å². The van der Waals surface area contributed by atoms with E-state index in [4.69, 9.17) is 5.73 Å². The monoisotopic (exact) mass is 368 g/mol. The molecule has 0 saturated carbocycles. The van der Waals surface area contributed by atoms with Gasteiger partial charge in [-0.05, 0) is 55.7 Å². The van der Waals surface area contributed by atoms with Gasteiger partial charge in [0, 0.05) is 32.3 Å². The number of carbonyl (C=O) groups excluding carboxylic acids is 2. The smallest absolute Gasteiger partial charge is 0.274 e. The van der Waals surface area contributed by atoms with Crippen LogP contribution in [0.15, 0.2) is 30.3 Å². The van der Waals surface area contributed by atoms with Crippen molar-refractivity contribution in [2.45, 2.75) is 39.0 Å². The number of carbonyl (C=O) groups is 2. The number of piperidine rings is 1. The third kappa shape index (κ3) is 4.96. The molecule has 6 nitrogen and oxygen atoms in total. The Bertz CT molecular complexity index is 783. The molecule has 2 N–H and O–H groups in total. The minimum Gasteiger partial charge on any atom is -0.370 e. The number of primary amides is 1. The third-order valence-electron chi connectivity index (χ3n) is 5.44. The highest BCUT2D eigenvalue weighted by molar-refractivity contribution is 5.92. The van der Waals surface area contributed by atoms with Crippen LogP contribution in [0.3, 0.4) is 0 Å². The van der Waals surface area contributed by atoms with Gasteiger partial charge in [-0.15, -0.1) is 0 Å². The summed E-state index contributed by atoms with van der Waals surface area (Å²) < 4.78 is 1.74. The fourth-order valence-electron chi connectivity index (χ4n) is 3.61. The van der Waals surface area contributed by atoms with Crippen LogP contribution in [-0.4, -0.2) is 39.6 Å². The average molecular weight is 368 g/mol. The predicted molar refractivity (Wildman–Crippen MR) is 104 cm³/mol. The first-order valence-corrected chi connectivity index (χ1v) is 9.58. The van der Waals surface area contributed by atoms with Crippen molar-refractivity contribution >= 4 is 11.8 Å². The number of nitrogens with two attached hydrogens (primary N) is 1. The zero-order valence-electron chi connectivity index (χ0n) is 16.1. The molecule has 0 atom stereocenters. The first-order valence-electron chi connectivity index (χ1n) is 9.58. The number of amides is 2. The topological polar surface area (TPSA) is 81.2 Å². The summed E-state index contributed by atoms with van der Waals surface area (Å²) in [7, 11) is 1.86. The van der Waals surface area contributed by atoms with Gasteiger partial charge < -0.3 is 10.6 Å². The average Bonchev–Trinajstić information content (AvgIpc) is 3.00. The molecule has 0 unspecified atom stereocenters. The van der Waals surface area contributed by atoms with E-state index in [0.717, 1.165) is 43.6 Å². The van der Waals surface area contributed by atoms with Crippen LogP contribution in [0.1, 0.15) is 46.6 Å². The highest BCUT2D eigenvalue weighted by atomic mass is 16.2. The maximum absolute atomic E-state index is 12.6. The van der Waals surface area contributed by atoms with Crippen LogP contribution < -0.4 is 5.73 Å². The lowest BCUT2D eigenvalue weighted by Gasteiger charge is -2.31. The fraction of sp³-hybridized carbons (Fsp3) is 0.476. The van der Waals surface area contributed by atoms with Gasteiger partial charge in [0.05, 0.1) is 0 Å². The van der Waals surface area contributed by atoms with Crippen LogP contribution in [0.4, 0.5) is 0 Å². The zero-order chi connectivity index (χ0) is 19.4. The second kappa shape index (κ2) is 8.37. The number of likely N-dealkylation sites (tertiary alicyclic amines) is 1. The number of aromatic nitrogens is 2. The minimum absolute atomic E-state index is 0.0379. The van der Waals surface area contributed by atoms with Crippen molar-refractivity contribution in [3.05, 3.63) is 52.8 Å². The Morgan fingerprint density at radius 1 is 1.15 bits per heavy atom. The van der Waals surface area contributed by atoms with Crippen LogP contribution >= 0.6 is 0 Å². The second-order valence-corrected chi connectivity index (χ2v) is 7.52. The van der Waals surface area contributed by atoms with Gasteiger partial charge in [-0.25, -0.2) is 0 Å². The number of aryl methyl sites for hydroxylation is 3. The zero-order valence-corrected chi connectivity index (χ0v) is 16.1. The van der Waals surface area contributed by atoms with Crippen molar-refractivity contribution in [1.82, 2.24) is 14.7 Å². The summed E-state index contributed by atoms with van der Waals surface area (Å²) in [6.45, 7) is 3.53. The van der Waals surface area contributed by atoms with E-state index < -0.39 is 0 Å². The van der Waals surface area contributed by atoms with Crippen molar-refractivity contribution in [3.8, 4) is 0 Å². The molecule has 0 spiro atoms. The second-order valence-electron chi connectivity index (χ2n) is 7.52. The Balaban J connectivity index is 1.49. The molecule has 1 aromatic carbocycles. The standard InChI is InChI=1S/C21H28N4O2/c1-15-13-19(23-24(15)2)21(27)25-11-9-18(10-12-25)14-17-5-3-16(4-6-17)7-8-20(22)26/h3-6,13,18H,7-12,14H2,1-2H3,(H2,22,26). The van der Waals surface area contributed by atoms with Crippen LogP contribution in [-0.2, 0) is 24.7 Å². The molecule has 1 saturated heterocycles. The van der Waals surface area contributed by atoms with Crippen molar-refractivity contribution in [1.29, 1.82) is 0 Å². The van der Waals surface area contributed by atoms with E-state index in [1.54, 1.807) is 4.68 Å². The van der Waals surface area contributed by atoms with Gasteiger partial charge in [0.2, 0.25) is 5.91 Å². The summed E-state index contributed by atoms with van der Waals surface area (Å²) in [4.78, 5) is 25.4. The van der Waals surface area contributed by atoms with Gasteiger partial charge in [-0.1, -0.05) is 24.3 Å². The third-order valence-corrected chi connectivity index (χ3v) is 5.44. The first kappa shape index (κ1) is 19.1. The molecule has 3 rings (SSSR count). The Morgan fingerprint density at radius 3 is 2.33 bits per heavy atom. The van der Waals surface area contributed by atoms with Gasteiger partial charge in [0.25, 0.3) is 5.91 Å². The molecule has 1 aliphatic rings. The lowest BCUT2D eigenvalue weighted by Crippen LogP contribution is -2.39. The van der Waals surface area contributed by atoms with E-state index in [-0.39, 0.29) is 11.8 Å². The lowest BCUT2D eigenvalue weighted by molar-refractivity contribution is -0.117. The van der Waals surface area contributed by atoms with Gasteiger partial charge >= 0.3 is 0 Å². The number of nitrogens with zero attached hydrogens (tertiary/aromatic N) is 3. The van der Waals surface area contributed by atoms with Gasteiger partial charge in [-0.2, -0.15) is 5.10 Å². The van der Waals surface area contributed by atoms with Crippen LogP contribution in [0, 0.1) is 12.8 Å². The summed E-state index contributed by atoms with van der Waals surface area (Å²) >= 11 is 0. The molecule has 1 aromatic heterocycles. The molecule has 2 aromatic rings. The van der Waals surface area contributed by atoms with Crippen molar-refractivity contribution < 1.29 is 9.59 Å². The molecule has 6 heteroatoms. The molecule has 144 valence electrons. The summed E-state index contributed by atoms with van der Waals surface area (Å²) in [5.74, 6) is 0.369. The maximum atomic E-state index is 12.6. The van der Waals surface area contributed by atoms with Gasteiger partial charge in [-0.3, -0.25) is 14.3 Å². The summed E-state index contributed by atoms with van der Waals surface area (Å²) in [5, 5.41) is 4.30. The van der Waals surface area contributed by atoms with Gasteiger partial charge in [0.1, 0.15) is 0 Å². The molecule has 0 bridgehead atoms. The Kier molecular flexibility index (Phi) is 5.94. The number of hydrogen-bond acceptors (Lipinski definition) is 3. The van der Waals surface area contributed by atoms with Crippen LogP contribution in [0.5, 0.6) is 0 Å². The molecule has 27 heavy (non-hydrogen) atoms.